The average Bonchev–Trinajstić information content (AvgIpc) is 3.02. The minimum atomic E-state index is -0.442. The molecule has 0 amide bonds. The maximum absolute atomic E-state index is 10.2. The van der Waals surface area contributed by atoms with Gasteiger partial charge in [0.1, 0.15) is 0 Å². The molecule has 2 fully saturated rings. The van der Waals surface area contributed by atoms with Crippen molar-refractivity contribution < 1.29 is 14.6 Å². The van der Waals surface area contributed by atoms with Gasteiger partial charge in [-0.3, -0.25) is 4.90 Å². The molecule has 0 unspecified atom stereocenters. The molecule has 1 spiro atoms. The fourth-order valence-electron chi connectivity index (χ4n) is 2.74. The highest BCUT2D eigenvalue weighted by atomic mass is 16.7. The van der Waals surface area contributed by atoms with E-state index >= 15 is 0 Å². The fourth-order valence-corrected chi connectivity index (χ4v) is 2.74. The van der Waals surface area contributed by atoms with Crippen LogP contribution >= 0.6 is 0 Å². The van der Waals surface area contributed by atoms with Crippen molar-refractivity contribution in [3.8, 4) is 0 Å². The zero-order chi connectivity index (χ0) is 12.4. The van der Waals surface area contributed by atoms with Crippen molar-refractivity contribution in [3.05, 3.63) is 35.9 Å². The molecular weight excluding hydrogens is 230 g/mol. The van der Waals surface area contributed by atoms with Gasteiger partial charge < -0.3 is 14.6 Å². The largest absolute Gasteiger partial charge is 0.387 e. The number of hydrogen-bond donors (Lipinski definition) is 1. The predicted molar refractivity (Wildman–Crippen MR) is 67.1 cm³/mol. The number of rotatable bonds is 3. The van der Waals surface area contributed by atoms with Crippen molar-refractivity contribution in [2.45, 2.75) is 18.3 Å². The Labute approximate surface area is 107 Å². The lowest BCUT2D eigenvalue weighted by molar-refractivity contribution is -0.145. The molecule has 0 saturated carbocycles. The van der Waals surface area contributed by atoms with Gasteiger partial charge in [0.2, 0.25) is 0 Å². The Balaban J connectivity index is 1.58. The molecule has 2 saturated heterocycles. The topological polar surface area (TPSA) is 41.9 Å². The minimum Gasteiger partial charge on any atom is -0.387 e. The Morgan fingerprint density at radius 2 is 1.94 bits per heavy atom. The van der Waals surface area contributed by atoms with Crippen molar-refractivity contribution in [2.24, 2.45) is 0 Å². The molecule has 0 aliphatic carbocycles. The van der Waals surface area contributed by atoms with Crippen LogP contribution in [0, 0.1) is 0 Å². The maximum Gasteiger partial charge on any atom is 0.182 e. The quantitative estimate of drug-likeness (QED) is 0.873. The fraction of sp³-hybridized carbons (Fsp3) is 0.571. The number of nitrogens with zero attached hydrogens (tertiary/aromatic N) is 1. The van der Waals surface area contributed by atoms with Gasteiger partial charge in [0.25, 0.3) is 0 Å². The number of hydrogen-bond acceptors (Lipinski definition) is 4. The first-order valence-electron chi connectivity index (χ1n) is 6.51. The van der Waals surface area contributed by atoms with E-state index in [9.17, 15) is 5.11 Å². The van der Waals surface area contributed by atoms with Gasteiger partial charge in [-0.2, -0.15) is 0 Å². The number of benzene rings is 1. The molecule has 18 heavy (non-hydrogen) atoms. The highest BCUT2D eigenvalue weighted by Gasteiger charge is 2.43. The van der Waals surface area contributed by atoms with Gasteiger partial charge in [0, 0.05) is 19.5 Å². The summed E-state index contributed by atoms with van der Waals surface area (Å²) in [4.78, 5) is 2.21. The molecule has 1 aromatic rings. The van der Waals surface area contributed by atoms with E-state index in [1.807, 2.05) is 30.3 Å². The SMILES string of the molecule is O[C@@H](CN1CCC2(C1)OCCO2)c1ccccc1. The van der Waals surface area contributed by atoms with Crippen LogP contribution in [-0.4, -0.2) is 48.6 Å². The summed E-state index contributed by atoms with van der Waals surface area (Å²) in [6, 6.07) is 9.78. The number of β-amino-alcohol motifs (C(OH)–C–C–N with tert-alkyl or cyclic N) is 1. The lowest BCUT2D eigenvalue weighted by Gasteiger charge is -2.24. The molecule has 98 valence electrons. The van der Waals surface area contributed by atoms with Gasteiger partial charge in [0.05, 0.1) is 25.9 Å². The van der Waals surface area contributed by atoms with E-state index < -0.39 is 11.9 Å². The molecule has 2 aliphatic rings. The van der Waals surface area contributed by atoms with E-state index in [4.69, 9.17) is 9.47 Å². The maximum atomic E-state index is 10.2. The molecule has 0 aromatic heterocycles. The van der Waals surface area contributed by atoms with Crippen molar-refractivity contribution >= 4 is 0 Å². The molecule has 1 N–H and O–H groups in total. The summed E-state index contributed by atoms with van der Waals surface area (Å²) in [5.74, 6) is -0.392. The van der Waals surface area contributed by atoms with Crippen molar-refractivity contribution in [3.63, 3.8) is 0 Å². The number of aliphatic hydroxyl groups is 1. The summed E-state index contributed by atoms with van der Waals surface area (Å²) in [7, 11) is 0. The second kappa shape index (κ2) is 4.97. The molecule has 2 heterocycles. The second-order valence-corrected chi connectivity index (χ2v) is 5.02. The Morgan fingerprint density at radius 3 is 2.67 bits per heavy atom. The molecular formula is C14H19NO3. The Morgan fingerprint density at radius 1 is 1.22 bits per heavy atom. The van der Waals surface area contributed by atoms with Crippen LogP contribution in [0.4, 0.5) is 0 Å². The van der Waals surface area contributed by atoms with Gasteiger partial charge in [-0.1, -0.05) is 30.3 Å². The van der Waals surface area contributed by atoms with Crippen molar-refractivity contribution in [2.75, 3.05) is 32.8 Å². The standard InChI is InChI=1S/C14H19NO3/c16-13(12-4-2-1-3-5-12)10-15-7-6-14(11-15)17-8-9-18-14/h1-5,13,16H,6-11H2/t13-/m0/s1. The van der Waals surface area contributed by atoms with Crippen LogP contribution < -0.4 is 0 Å². The van der Waals surface area contributed by atoms with Crippen LogP contribution in [0.15, 0.2) is 30.3 Å². The van der Waals surface area contributed by atoms with E-state index in [1.165, 1.54) is 0 Å². The van der Waals surface area contributed by atoms with Gasteiger partial charge in [-0.15, -0.1) is 0 Å². The molecule has 4 nitrogen and oxygen atoms in total. The van der Waals surface area contributed by atoms with E-state index in [-0.39, 0.29) is 0 Å². The summed E-state index contributed by atoms with van der Waals surface area (Å²) >= 11 is 0. The highest BCUT2D eigenvalue weighted by Crippen LogP contribution is 2.31. The molecule has 1 aromatic carbocycles. The summed E-state index contributed by atoms with van der Waals surface area (Å²) in [5.41, 5.74) is 0.965. The first kappa shape index (κ1) is 12.1. The van der Waals surface area contributed by atoms with Crippen LogP contribution in [-0.2, 0) is 9.47 Å². The van der Waals surface area contributed by atoms with Crippen LogP contribution in [0.1, 0.15) is 18.1 Å². The zero-order valence-corrected chi connectivity index (χ0v) is 10.4. The summed E-state index contributed by atoms with van der Waals surface area (Å²) < 4.78 is 11.3. The van der Waals surface area contributed by atoms with E-state index in [1.54, 1.807) is 0 Å². The molecule has 0 radical (unpaired) electrons. The van der Waals surface area contributed by atoms with Crippen LogP contribution in [0.3, 0.4) is 0 Å². The minimum absolute atomic E-state index is 0.392. The van der Waals surface area contributed by atoms with Crippen molar-refractivity contribution in [1.29, 1.82) is 0 Å². The molecule has 3 rings (SSSR count). The summed E-state index contributed by atoms with van der Waals surface area (Å²) in [5, 5.41) is 10.2. The Kier molecular flexibility index (Phi) is 3.35. The number of ether oxygens (including phenoxy) is 2. The Bertz CT molecular complexity index is 389. The molecule has 0 bridgehead atoms. The normalized spacial score (nSPS) is 24.7. The average molecular weight is 249 g/mol. The highest BCUT2D eigenvalue weighted by molar-refractivity contribution is 5.17. The molecule has 2 aliphatic heterocycles. The molecule has 4 heteroatoms. The summed E-state index contributed by atoms with van der Waals surface area (Å²) in [6.07, 6.45) is 0.455. The zero-order valence-electron chi connectivity index (χ0n) is 10.4. The number of likely N-dealkylation sites (tertiary alicyclic amines) is 1. The number of aliphatic hydroxyl groups excluding tert-OH is 1. The van der Waals surface area contributed by atoms with Crippen molar-refractivity contribution in [1.82, 2.24) is 4.90 Å². The predicted octanol–water partition coefficient (Wildman–Crippen LogP) is 1.17. The third-order valence-electron chi connectivity index (χ3n) is 3.70. The third-order valence-corrected chi connectivity index (χ3v) is 3.70. The third kappa shape index (κ3) is 2.42. The second-order valence-electron chi connectivity index (χ2n) is 5.02. The Hall–Kier alpha value is -0.940. The van der Waals surface area contributed by atoms with Crippen LogP contribution in [0.2, 0.25) is 0 Å². The summed E-state index contributed by atoms with van der Waals surface area (Å²) in [6.45, 7) is 3.70. The monoisotopic (exact) mass is 249 g/mol. The first-order chi connectivity index (χ1) is 8.77. The first-order valence-corrected chi connectivity index (χ1v) is 6.51. The van der Waals surface area contributed by atoms with Gasteiger partial charge in [-0.25, -0.2) is 0 Å². The lowest BCUT2D eigenvalue weighted by Crippen LogP contribution is -2.35. The van der Waals surface area contributed by atoms with Gasteiger partial charge in [0.15, 0.2) is 5.79 Å². The lowest BCUT2D eigenvalue weighted by atomic mass is 10.1. The smallest absolute Gasteiger partial charge is 0.182 e. The van der Waals surface area contributed by atoms with Gasteiger partial charge >= 0.3 is 0 Å². The van der Waals surface area contributed by atoms with E-state index in [2.05, 4.69) is 4.90 Å². The van der Waals surface area contributed by atoms with E-state index in [0.29, 0.717) is 19.8 Å². The van der Waals surface area contributed by atoms with E-state index in [0.717, 1.165) is 25.1 Å². The molecule has 1 atom stereocenters. The van der Waals surface area contributed by atoms with Gasteiger partial charge in [-0.05, 0) is 5.56 Å². The van der Waals surface area contributed by atoms with Crippen LogP contribution in [0.25, 0.3) is 0 Å². The van der Waals surface area contributed by atoms with Crippen LogP contribution in [0.5, 0.6) is 0 Å².